The molecule has 10 heteroatoms. The Morgan fingerprint density at radius 3 is 2.29 bits per heavy atom. The van der Waals surface area contributed by atoms with Gasteiger partial charge in [-0.1, -0.05) is 39.1 Å². The van der Waals surface area contributed by atoms with Crippen molar-refractivity contribution in [3.05, 3.63) is 32.3 Å². The van der Waals surface area contributed by atoms with Gasteiger partial charge < -0.3 is 5.73 Å². The minimum absolute atomic E-state index is 0.0872. The van der Waals surface area contributed by atoms with Gasteiger partial charge in [-0.05, 0) is 19.1 Å². The third-order valence-corrected chi connectivity index (χ3v) is 5.39. The predicted molar refractivity (Wildman–Crippen MR) is 87.3 cm³/mol. The van der Waals surface area contributed by atoms with E-state index in [1.807, 2.05) is 0 Å². The normalized spacial score (nSPS) is 11.7. The summed E-state index contributed by atoms with van der Waals surface area (Å²) < 4.78 is 29.3. The summed E-state index contributed by atoms with van der Waals surface area (Å²) in [6.07, 6.45) is 0. The minimum atomic E-state index is -3.95. The highest BCUT2D eigenvalue weighted by Crippen LogP contribution is 2.36. The van der Waals surface area contributed by atoms with Crippen LogP contribution in [0.4, 0.5) is 11.5 Å². The number of halogens is 3. The minimum Gasteiger partial charge on any atom is -0.381 e. The topological polar surface area (TPSA) is 90.0 Å². The van der Waals surface area contributed by atoms with Crippen molar-refractivity contribution in [3.63, 3.8) is 0 Å². The largest absolute Gasteiger partial charge is 0.381 e. The Bertz CT molecular complexity index is 797. The lowest BCUT2D eigenvalue weighted by Gasteiger charge is -2.12. The van der Waals surface area contributed by atoms with E-state index in [9.17, 15) is 8.42 Å². The van der Waals surface area contributed by atoms with Crippen LogP contribution < -0.4 is 10.5 Å². The number of nitrogens with two attached hydrogens (primary N) is 1. The van der Waals surface area contributed by atoms with E-state index in [0.29, 0.717) is 10.2 Å². The Kier molecular flexibility index (Phi) is 4.44. The van der Waals surface area contributed by atoms with Crippen molar-refractivity contribution in [2.24, 2.45) is 7.05 Å². The molecule has 1 heterocycles. The van der Waals surface area contributed by atoms with Crippen LogP contribution in [0.2, 0.25) is 10.0 Å². The first kappa shape index (κ1) is 16.4. The first-order valence-electron chi connectivity index (χ1n) is 5.60. The van der Waals surface area contributed by atoms with Gasteiger partial charge in [-0.15, -0.1) is 0 Å². The number of hydrogen-bond acceptors (Lipinski definition) is 4. The summed E-state index contributed by atoms with van der Waals surface area (Å²) in [5.74, 6) is -0.0909. The number of benzene rings is 1. The molecule has 0 saturated carbocycles. The molecule has 2 rings (SSSR count). The van der Waals surface area contributed by atoms with Gasteiger partial charge >= 0.3 is 0 Å². The quantitative estimate of drug-likeness (QED) is 0.808. The molecule has 0 bridgehead atoms. The van der Waals surface area contributed by atoms with Crippen molar-refractivity contribution in [3.8, 4) is 0 Å². The van der Waals surface area contributed by atoms with E-state index in [2.05, 4.69) is 25.8 Å². The molecule has 21 heavy (non-hydrogen) atoms. The van der Waals surface area contributed by atoms with Gasteiger partial charge in [-0.2, -0.15) is 5.10 Å². The number of rotatable bonds is 3. The van der Waals surface area contributed by atoms with Crippen molar-refractivity contribution in [1.82, 2.24) is 9.78 Å². The summed E-state index contributed by atoms with van der Waals surface area (Å²) >= 11 is 15.3. The fourth-order valence-corrected chi connectivity index (χ4v) is 4.61. The second-order valence-corrected chi connectivity index (χ2v) is 7.62. The highest BCUT2D eigenvalue weighted by Gasteiger charge is 2.26. The number of anilines is 2. The maximum absolute atomic E-state index is 12.5. The molecule has 0 amide bonds. The third-order valence-electron chi connectivity index (χ3n) is 2.82. The van der Waals surface area contributed by atoms with E-state index in [1.54, 1.807) is 14.0 Å². The lowest BCUT2D eigenvalue weighted by atomic mass is 10.3. The molecule has 114 valence electrons. The Morgan fingerprint density at radius 2 is 1.86 bits per heavy atom. The standard InChI is InChI=1S/C11H11BrCl2N4O2S/c1-5-10(11(15)16-18(5)2)21(19,20)17-9-7(13)3-6(12)4-8(9)14/h3-4,17H,1-2H3,(H2,15,16). The van der Waals surface area contributed by atoms with Crippen LogP contribution in [0, 0.1) is 6.92 Å². The van der Waals surface area contributed by atoms with Crippen LogP contribution in [0.1, 0.15) is 5.69 Å². The highest BCUT2D eigenvalue weighted by molar-refractivity contribution is 9.10. The van der Waals surface area contributed by atoms with Gasteiger partial charge in [0.1, 0.15) is 0 Å². The molecular weight excluding hydrogens is 403 g/mol. The molecular formula is C11H11BrCl2N4O2S. The van der Waals surface area contributed by atoms with Crippen LogP contribution in [0.15, 0.2) is 21.5 Å². The Hall–Kier alpha value is -0.960. The van der Waals surface area contributed by atoms with Crippen molar-refractivity contribution in [2.75, 3.05) is 10.5 Å². The number of hydrogen-bond donors (Lipinski definition) is 2. The SMILES string of the molecule is Cc1c(S(=O)(=O)Nc2c(Cl)cc(Br)cc2Cl)c(N)nn1C. The molecule has 0 aliphatic rings. The number of aryl methyl sites for hydroxylation is 1. The van der Waals surface area contributed by atoms with Crippen molar-refractivity contribution in [2.45, 2.75) is 11.8 Å². The summed E-state index contributed by atoms with van der Waals surface area (Å²) in [6, 6.07) is 3.06. The van der Waals surface area contributed by atoms with Gasteiger partial charge in [0, 0.05) is 11.5 Å². The van der Waals surface area contributed by atoms with E-state index < -0.39 is 10.0 Å². The summed E-state index contributed by atoms with van der Waals surface area (Å²) in [5.41, 5.74) is 6.15. The van der Waals surface area contributed by atoms with E-state index in [1.165, 1.54) is 16.8 Å². The summed E-state index contributed by atoms with van der Waals surface area (Å²) in [5, 5.41) is 4.21. The molecule has 0 aliphatic heterocycles. The van der Waals surface area contributed by atoms with Gasteiger partial charge in [-0.25, -0.2) is 8.42 Å². The molecule has 0 radical (unpaired) electrons. The van der Waals surface area contributed by atoms with E-state index in [0.717, 1.165) is 0 Å². The smallest absolute Gasteiger partial charge is 0.267 e. The van der Waals surface area contributed by atoms with Crippen LogP contribution in [-0.4, -0.2) is 18.2 Å². The Morgan fingerprint density at radius 1 is 1.33 bits per heavy atom. The number of nitrogens with one attached hydrogen (secondary N) is 1. The van der Waals surface area contributed by atoms with Crippen LogP contribution >= 0.6 is 39.1 Å². The molecule has 1 aromatic heterocycles. The molecule has 2 aromatic rings. The zero-order chi connectivity index (χ0) is 15.9. The van der Waals surface area contributed by atoms with Crippen molar-refractivity contribution < 1.29 is 8.42 Å². The number of aromatic nitrogens is 2. The van der Waals surface area contributed by atoms with E-state index in [4.69, 9.17) is 28.9 Å². The highest BCUT2D eigenvalue weighted by atomic mass is 79.9. The Labute approximate surface area is 140 Å². The maximum Gasteiger partial charge on any atom is 0.267 e. The van der Waals surface area contributed by atoms with E-state index in [-0.39, 0.29) is 26.4 Å². The molecule has 0 aliphatic carbocycles. The molecule has 1 aromatic carbocycles. The van der Waals surface area contributed by atoms with Gasteiger partial charge in [0.05, 0.1) is 21.4 Å². The fraction of sp³-hybridized carbons (Fsp3) is 0.182. The second kappa shape index (κ2) is 5.68. The molecule has 0 spiro atoms. The number of nitrogen functional groups attached to an aromatic ring is 1. The lowest BCUT2D eigenvalue weighted by molar-refractivity contribution is 0.600. The molecule has 0 fully saturated rings. The molecule has 3 N–H and O–H groups in total. The fourth-order valence-electron chi connectivity index (χ4n) is 1.77. The lowest BCUT2D eigenvalue weighted by Crippen LogP contribution is -2.16. The number of sulfonamides is 1. The molecule has 0 atom stereocenters. The van der Waals surface area contributed by atoms with Crippen LogP contribution in [0.5, 0.6) is 0 Å². The summed E-state index contributed by atoms with van der Waals surface area (Å²) in [6.45, 7) is 1.60. The predicted octanol–water partition coefficient (Wildman–Crippen LogP) is 3.18. The van der Waals surface area contributed by atoms with Gasteiger partial charge in [0.25, 0.3) is 10.0 Å². The molecule has 6 nitrogen and oxygen atoms in total. The van der Waals surface area contributed by atoms with Gasteiger partial charge in [-0.3, -0.25) is 9.40 Å². The Balaban J connectivity index is 2.53. The monoisotopic (exact) mass is 412 g/mol. The second-order valence-electron chi connectivity index (χ2n) is 4.27. The molecule has 0 saturated heterocycles. The summed E-state index contributed by atoms with van der Waals surface area (Å²) in [7, 11) is -2.35. The van der Waals surface area contributed by atoms with Crippen molar-refractivity contribution in [1.29, 1.82) is 0 Å². The van der Waals surface area contributed by atoms with Crippen LogP contribution in [-0.2, 0) is 17.1 Å². The first-order chi connectivity index (χ1) is 9.63. The third kappa shape index (κ3) is 3.13. The van der Waals surface area contributed by atoms with Gasteiger partial charge in [0.15, 0.2) is 10.7 Å². The van der Waals surface area contributed by atoms with Crippen molar-refractivity contribution >= 4 is 60.7 Å². The first-order valence-corrected chi connectivity index (χ1v) is 8.63. The number of nitrogens with zero attached hydrogens (tertiary/aromatic N) is 2. The van der Waals surface area contributed by atoms with Crippen LogP contribution in [0.3, 0.4) is 0 Å². The zero-order valence-electron chi connectivity index (χ0n) is 11.0. The zero-order valence-corrected chi connectivity index (χ0v) is 14.9. The molecule has 0 unspecified atom stereocenters. The van der Waals surface area contributed by atoms with Gasteiger partial charge in [0.2, 0.25) is 0 Å². The average Bonchev–Trinajstić information content (AvgIpc) is 2.58. The maximum atomic E-state index is 12.5. The van der Waals surface area contributed by atoms with Crippen LogP contribution in [0.25, 0.3) is 0 Å². The summed E-state index contributed by atoms with van der Waals surface area (Å²) in [4.78, 5) is -0.0972. The van der Waals surface area contributed by atoms with E-state index >= 15 is 0 Å². The average molecular weight is 414 g/mol.